The van der Waals surface area contributed by atoms with Gasteiger partial charge in [-0.3, -0.25) is 4.90 Å². The lowest BCUT2D eigenvalue weighted by Crippen LogP contribution is -2.32. The Morgan fingerprint density at radius 1 is 0.818 bits per heavy atom. The van der Waals surface area contributed by atoms with Gasteiger partial charge in [0.05, 0.1) is 5.69 Å². The van der Waals surface area contributed by atoms with Crippen molar-refractivity contribution in [2.24, 2.45) is 0 Å². The fourth-order valence-corrected chi connectivity index (χ4v) is 6.13. The minimum Gasteiger partial charge on any atom is -0.340 e. The van der Waals surface area contributed by atoms with Gasteiger partial charge in [-0.25, -0.2) is 0 Å². The molecule has 0 N–H and O–H groups in total. The minimum absolute atomic E-state index is 0.428. The molecule has 0 spiro atoms. The molecule has 0 amide bonds. The first kappa shape index (κ1) is 22.5. The van der Waals surface area contributed by atoms with E-state index < -0.39 is 0 Å². The fourth-order valence-electron chi connectivity index (χ4n) is 5.42. The van der Waals surface area contributed by atoms with Crippen LogP contribution in [0.5, 0.6) is 0 Å². The first-order valence-electron chi connectivity index (χ1n) is 12.0. The quantitative estimate of drug-likeness (QED) is 0.271. The summed E-state index contributed by atoms with van der Waals surface area (Å²) < 4.78 is 2.52. The van der Waals surface area contributed by atoms with Gasteiger partial charge in [0.1, 0.15) is 0 Å². The summed E-state index contributed by atoms with van der Waals surface area (Å²) in [5, 5.41) is 2.98. The highest BCUT2D eigenvalue weighted by Gasteiger charge is 2.26. The number of halogens is 2. The van der Waals surface area contributed by atoms with Crippen LogP contribution in [0.2, 0.25) is 10.0 Å². The van der Waals surface area contributed by atoms with Crippen LogP contribution in [0.1, 0.15) is 43.2 Å². The van der Waals surface area contributed by atoms with Crippen LogP contribution >= 0.6 is 23.2 Å². The molecule has 170 valence electrons. The van der Waals surface area contributed by atoms with Crippen LogP contribution in [0.25, 0.3) is 22.2 Å². The van der Waals surface area contributed by atoms with Crippen molar-refractivity contribution in [1.29, 1.82) is 0 Å². The van der Waals surface area contributed by atoms with Crippen molar-refractivity contribution >= 4 is 34.1 Å². The Balaban J connectivity index is 1.46. The molecule has 4 aromatic rings. The third kappa shape index (κ3) is 4.45. The summed E-state index contributed by atoms with van der Waals surface area (Å²) >= 11 is 13.0. The molecule has 4 heteroatoms. The molecule has 1 fully saturated rings. The van der Waals surface area contributed by atoms with E-state index in [2.05, 4.69) is 71.0 Å². The van der Waals surface area contributed by atoms with Crippen molar-refractivity contribution < 1.29 is 0 Å². The van der Waals surface area contributed by atoms with Crippen molar-refractivity contribution in [1.82, 2.24) is 9.47 Å². The zero-order chi connectivity index (χ0) is 22.8. The SMILES string of the molecule is CCCn1c(-c2ccccc2)c(CN2CCC(c3c(Cl)cccc3Cl)CC2)c2ccccc21. The second-order valence-corrected chi connectivity index (χ2v) is 9.86. The first-order chi connectivity index (χ1) is 16.2. The molecule has 0 unspecified atom stereocenters. The van der Waals surface area contributed by atoms with E-state index in [-0.39, 0.29) is 0 Å². The summed E-state index contributed by atoms with van der Waals surface area (Å²) in [7, 11) is 0. The van der Waals surface area contributed by atoms with Gasteiger partial charge in [0.15, 0.2) is 0 Å². The van der Waals surface area contributed by atoms with E-state index in [0.29, 0.717) is 5.92 Å². The van der Waals surface area contributed by atoms with Gasteiger partial charge in [-0.1, -0.05) is 84.7 Å². The van der Waals surface area contributed by atoms with Crippen LogP contribution in [0.3, 0.4) is 0 Å². The van der Waals surface area contributed by atoms with E-state index in [4.69, 9.17) is 23.2 Å². The second-order valence-electron chi connectivity index (χ2n) is 9.05. The summed E-state index contributed by atoms with van der Waals surface area (Å²) in [6.45, 7) is 6.34. The molecule has 0 saturated carbocycles. The topological polar surface area (TPSA) is 8.17 Å². The molecular formula is C29H30Cl2N2. The molecular weight excluding hydrogens is 447 g/mol. The highest BCUT2D eigenvalue weighted by molar-refractivity contribution is 6.36. The first-order valence-corrected chi connectivity index (χ1v) is 12.7. The van der Waals surface area contributed by atoms with Gasteiger partial charge in [-0.2, -0.15) is 0 Å². The van der Waals surface area contributed by atoms with Gasteiger partial charge >= 0.3 is 0 Å². The van der Waals surface area contributed by atoms with Crippen molar-refractivity contribution in [2.45, 2.75) is 45.2 Å². The Morgan fingerprint density at radius 3 is 2.18 bits per heavy atom. The molecule has 1 aliphatic heterocycles. The van der Waals surface area contributed by atoms with E-state index in [1.165, 1.54) is 27.7 Å². The lowest BCUT2D eigenvalue weighted by molar-refractivity contribution is 0.205. The summed E-state index contributed by atoms with van der Waals surface area (Å²) in [4.78, 5) is 2.60. The van der Waals surface area contributed by atoms with E-state index in [1.807, 2.05) is 18.2 Å². The average molecular weight is 477 g/mol. The number of fused-ring (bicyclic) bond motifs is 1. The molecule has 33 heavy (non-hydrogen) atoms. The number of likely N-dealkylation sites (tertiary alicyclic amines) is 1. The standard InChI is InChI=1S/C29H30Cl2N2/c1-2-17-33-27-14-7-6-11-23(27)24(29(33)22-9-4-3-5-10-22)20-32-18-15-21(16-19-32)28-25(30)12-8-13-26(28)31/h3-14,21H,2,15-20H2,1H3. The molecule has 1 aromatic heterocycles. The summed E-state index contributed by atoms with van der Waals surface area (Å²) in [6, 6.07) is 25.6. The van der Waals surface area contributed by atoms with E-state index in [9.17, 15) is 0 Å². The smallest absolute Gasteiger partial charge is 0.0537 e. The maximum absolute atomic E-state index is 6.51. The normalized spacial score (nSPS) is 15.4. The molecule has 5 rings (SSSR count). The highest BCUT2D eigenvalue weighted by atomic mass is 35.5. The summed E-state index contributed by atoms with van der Waals surface area (Å²) in [5.41, 5.74) is 6.58. The van der Waals surface area contributed by atoms with Crippen LogP contribution < -0.4 is 0 Å². The largest absolute Gasteiger partial charge is 0.340 e. The zero-order valence-electron chi connectivity index (χ0n) is 19.1. The molecule has 3 aromatic carbocycles. The summed E-state index contributed by atoms with van der Waals surface area (Å²) in [5.74, 6) is 0.428. The number of benzene rings is 3. The van der Waals surface area contributed by atoms with Crippen molar-refractivity contribution in [3.63, 3.8) is 0 Å². The highest BCUT2D eigenvalue weighted by Crippen LogP contribution is 2.39. The van der Waals surface area contributed by atoms with Crippen LogP contribution in [0.15, 0.2) is 72.8 Å². The molecule has 1 aliphatic rings. The van der Waals surface area contributed by atoms with Crippen molar-refractivity contribution in [3.05, 3.63) is 94.0 Å². The van der Waals surface area contributed by atoms with Crippen molar-refractivity contribution in [2.75, 3.05) is 13.1 Å². The number of rotatable bonds is 6. The number of aromatic nitrogens is 1. The lowest BCUT2D eigenvalue weighted by Gasteiger charge is -2.33. The minimum atomic E-state index is 0.428. The summed E-state index contributed by atoms with van der Waals surface area (Å²) in [6.07, 6.45) is 3.28. The number of aryl methyl sites for hydroxylation is 1. The number of hydrogen-bond acceptors (Lipinski definition) is 1. The molecule has 0 aliphatic carbocycles. The van der Waals surface area contributed by atoms with Gasteiger partial charge in [0, 0.05) is 34.0 Å². The fraction of sp³-hybridized carbons (Fsp3) is 0.310. The molecule has 0 bridgehead atoms. The van der Waals surface area contributed by atoms with Gasteiger partial charge in [-0.15, -0.1) is 0 Å². The Bertz CT molecular complexity index is 1220. The Hall–Kier alpha value is -2.26. The Kier molecular flexibility index (Phi) is 6.78. The number of piperidine rings is 1. The maximum Gasteiger partial charge on any atom is 0.0537 e. The predicted octanol–water partition coefficient (Wildman–Crippen LogP) is 8.40. The Labute approximate surface area is 206 Å². The number of nitrogens with zero attached hydrogens (tertiary/aromatic N) is 2. The number of para-hydroxylation sites is 1. The van der Waals surface area contributed by atoms with Crippen LogP contribution in [0.4, 0.5) is 0 Å². The molecule has 2 nitrogen and oxygen atoms in total. The molecule has 1 saturated heterocycles. The molecule has 2 heterocycles. The zero-order valence-corrected chi connectivity index (χ0v) is 20.6. The van der Waals surface area contributed by atoms with Gasteiger partial charge in [0.2, 0.25) is 0 Å². The van der Waals surface area contributed by atoms with Crippen LogP contribution in [-0.4, -0.2) is 22.6 Å². The Morgan fingerprint density at radius 2 is 1.48 bits per heavy atom. The molecule has 0 radical (unpaired) electrons. The second kappa shape index (κ2) is 9.93. The van der Waals surface area contributed by atoms with E-state index >= 15 is 0 Å². The van der Waals surface area contributed by atoms with Crippen LogP contribution in [0, 0.1) is 0 Å². The van der Waals surface area contributed by atoms with E-state index in [0.717, 1.165) is 61.1 Å². The van der Waals surface area contributed by atoms with Crippen molar-refractivity contribution in [3.8, 4) is 11.3 Å². The van der Waals surface area contributed by atoms with Gasteiger partial charge in [0.25, 0.3) is 0 Å². The monoisotopic (exact) mass is 476 g/mol. The van der Waals surface area contributed by atoms with Gasteiger partial charge in [-0.05, 0) is 73.2 Å². The third-order valence-electron chi connectivity index (χ3n) is 6.95. The van der Waals surface area contributed by atoms with Crippen LogP contribution in [-0.2, 0) is 13.1 Å². The lowest BCUT2D eigenvalue weighted by atomic mass is 9.89. The number of hydrogen-bond donors (Lipinski definition) is 0. The maximum atomic E-state index is 6.51. The molecule has 0 atom stereocenters. The predicted molar refractivity (Wildman–Crippen MR) is 141 cm³/mol. The van der Waals surface area contributed by atoms with E-state index in [1.54, 1.807) is 0 Å². The van der Waals surface area contributed by atoms with Gasteiger partial charge < -0.3 is 4.57 Å². The average Bonchev–Trinajstić information content (AvgIpc) is 3.14. The third-order valence-corrected chi connectivity index (χ3v) is 7.61.